The predicted molar refractivity (Wildman–Crippen MR) is 74.3 cm³/mol. The molecule has 1 heterocycles. The van der Waals surface area contributed by atoms with Crippen molar-refractivity contribution >= 4 is 0 Å². The predicted octanol–water partition coefficient (Wildman–Crippen LogP) is 3.00. The van der Waals surface area contributed by atoms with Gasteiger partial charge in [-0.3, -0.25) is 0 Å². The van der Waals surface area contributed by atoms with Gasteiger partial charge in [0, 0.05) is 11.9 Å². The molecule has 0 amide bonds. The highest BCUT2D eigenvalue weighted by molar-refractivity contribution is 5.12. The van der Waals surface area contributed by atoms with Crippen molar-refractivity contribution in [2.24, 2.45) is 28.9 Å². The second kappa shape index (κ2) is 4.02. The van der Waals surface area contributed by atoms with Gasteiger partial charge in [0.15, 0.2) is 0 Å². The smallest absolute Gasteiger partial charge is 0.145 e. The molecule has 0 aromatic carbocycles. The summed E-state index contributed by atoms with van der Waals surface area (Å²) in [5, 5.41) is 0. The number of aromatic nitrogens is 2. The van der Waals surface area contributed by atoms with E-state index in [1.54, 1.807) is 0 Å². The average molecular weight is 257 g/mol. The van der Waals surface area contributed by atoms with E-state index in [1.165, 1.54) is 38.5 Å². The first-order chi connectivity index (χ1) is 9.14. The molecule has 1 aromatic heterocycles. The zero-order chi connectivity index (χ0) is 13.0. The van der Waals surface area contributed by atoms with Crippen LogP contribution in [-0.2, 0) is 0 Å². The first-order valence-corrected chi connectivity index (χ1v) is 7.70. The van der Waals surface area contributed by atoms with E-state index >= 15 is 0 Å². The van der Waals surface area contributed by atoms with Gasteiger partial charge in [-0.25, -0.2) is 9.97 Å². The number of rotatable bonds is 2. The molecule has 19 heavy (non-hydrogen) atoms. The maximum absolute atomic E-state index is 6.64. The molecule has 4 aliphatic rings. The van der Waals surface area contributed by atoms with Crippen molar-refractivity contribution in [1.82, 2.24) is 9.97 Å². The van der Waals surface area contributed by atoms with Crippen molar-refractivity contribution < 1.29 is 0 Å². The summed E-state index contributed by atoms with van der Waals surface area (Å²) in [6.07, 6.45) is 10.2. The molecular weight excluding hydrogens is 234 g/mol. The summed E-state index contributed by atoms with van der Waals surface area (Å²) in [6, 6.07) is 2.00. The first-order valence-electron chi connectivity index (χ1n) is 7.70. The van der Waals surface area contributed by atoms with Crippen molar-refractivity contribution in [3.05, 3.63) is 23.8 Å². The minimum absolute atomic E-state index is 0.0424. The lowest BCUT2D eigenvalue weighted by Gasteiger charge is -2.58. The summed E-state index contributed by atoms with van der Waals surface area (Å²) in [5.41, 5.74) is 7.98. The topological polar surface area (TPSA) is 51.8 Å². The van der Waals surface area contributed by atoms with Crippen LogP contribution in [0.2, 0.25) is 0 Å². The van der Waals surface area contributed by atoms with Gasteiger partial charge in [0.1, 0.15) is 5.82 Å². The average Bonchev–Trinajstić information content (AvgIpc) is 2.36. The van der Waals surface area contributed by atoms with Crippen LogP contribution in [0.4, 0.5) is 0 Å². The van der Waals surface area contributed by atoms with Gasteiger partial charge in [0.25, 0.3) is 0 Å². The van der Waals surface area contributed by atoms with E-state index in [0.717, 1.165) is 29.3 Å². The summed E-state index contributed by atoms with van der Waals surface area (Å²) in [4.78, 5) is 9.05. The van der Waals surface area contributed by atoms with Crippen LogP contribution >= 0.6 is 0 Å². The Hall–Kier alpha value is -0.960. The SMILES string of the molecule is Cc1ccnc(C(N)C23CC4CC(CC(C4)C2)C3)n1. The van der Waals surface area contributed by atoms with Crippen LogP contribution in [0, 0.1) is 30.1 Å². The third-order valence-electron chi connectivity index (χ3n) is 5.84. The Morgan fingerprint density at radius 1 is 1.16 bits per heavy atom. The molecule has 2 N–H and O–H groups in total. The largest absolute Gasteiger partial charge is 0.321 e. The van der Waals surface area contributed by atoms with Gasteiger partial charge in [0.2, 0.25) is 0 Å². The molecule has 1 atom stereocenters. The number of hydrogen-bond acceptors (Lipinski definition) is 3. The lowest BCUT2D eigenvalue weighted by Crippen LogP contribution is -2.51. The lowest BCUT2D eigenvalue weighted by atomic mass is 9.47. The summed E-state index contributed by atoms with van der Waals surface area (Å²) in [7, 11) is 0. The third kappa shape index (κ3) is 1.82. The van der Waals surface area contributed by atoms with E-state index in [-0.39, 0.29) is 6.04 Å². The van der Waals surface area contributed by atoms with Crippen molar-refractivity contribution in [2.45, 2.75) is 51.5 Å². The fourth-order valence-corrected chi connectivity index (χ4v) is 5.45. The number of nitrogens with two attached hydrogens (primary N) is 1. The highest BCUT2D eigenvalue weighted by atomic mass is 14.9. The number of aryl methyl sites for hydroxylation is 1. The van der Waals surface area contributed by atoms with Crippen molar-refractivity contribution in [3.8, 4) is 0 Å². The van der Waals surface area contributed by atoms with Gasteiger partial charge in [-0.15, -0.1) is 0 Å². The summed E-state index contributed by atoms with van der Waals surface area (Å²) < 4.78 is 0. The molecule has 4 bridgehead atoms. The summed E-state index contributed by atoms with van der Waals surface area (Å²) in [5.74, 6) is 3.67. The first kappa shape index (κ1) is 11.8. The van der Waals surface area contributed by atoms with Crippen LogP contribution in [0.15, 0.2) is 12.3 Å². The van der Waals surface area contributed by atoms with E-state index in [1.807, 2.05) is 19.2 Å². The molecule has 0 spiro atoms. The maximum atomic E-state index is 6.64. The highest BCUT2D eigenvalue weighted by Crippen LogP contribution is 2.63. The van der Waals surface area contributed by atoms with E-state index in [9.17, 15) is 0 Å². The van der Waals surface area contributed by atoms with Gasteiger partial charge in [-0.05, 0) is 74.7 Å². The second-order valence-electron chi connectivity index (χ2n) is 7.31. The van der Waals surface area contributed by atoms with Crippen molar-refractivity contribution in [3.63, 3.8) is 0 Å². The second-order valence-corrected chi connectivity index (χ2v) is 7.31. The highest BCUT2D eigenvalue weighted by Gasteiger charge is 2.54. The Labute approximate surface area is 115 Å². The van der Waals surface area contributed by atoms with Crippen LogP contribution in [0.3, 0.4) is 0 Å². The fourth-order valence-electron chi connectivity index (χ4n) is 5.45. The van der Waals surface area contributed by atoms with Crippen LogP contribution in [0.1, 0.15) is 56.1 Å². The standard InChI is InChI=1S/C16H23N3/c1-10-2-3-18-15(19-10)14(17)16-7-11-4-12(8-16)6-13(5-11)9-16/h2-3,11-14H,4-9,17H2,1H3. The molecule has 4 saturated carbocycles. The Kier molecular flexibility index (Phi) is 2.50. The summed E-state index contributed by atoms with van der Waals surface area (Å²) in [6.45, 7) is 2.03. The van der Waals surface area contributed by atoms with Crippen LogP contribution in [0.5, 0.6) is 0 Å². The van der Waals surface area contributed by atoms with Crippen LogP contribution in [0.25, 0.3) is 0 Å². The van der Waals surface area contributed by atoms with Crippen molar-refractivity contribution in [2.75, 3.05) is 0 Å². The Morgan fingerprint density at radius 3 is 2.26 bits per heavy atom. The number of nitrogens with zero attached hydrogens (tertiary/aromatic N) is 2. The minimum Gasteiger partial charge on any atom is -0.321 e. The molecule has 3 nitrogen and oxygen atoms in total. The van der Waals surface area contributed by atoms with E-state index in [2.05, 4.69) is 9.97 Å². The van der Waals surface area contributed by atoms with Gasteiger partial charge in [0.05, 0.1) is 6.04 Å². The van der Waals surface area contributed by atoms with Crippen LogP contribution < -0.4 is 5.73 Å². The molecule has 3 heteroatoms. The molecule has 4 fully saturated rings. The zero-order valence-electron chi connectivity index (χ0n) is 11.7. The maximum Gasteiger partial charge on any atom is 0.145 e. The van der Waals surface area contributed by atoms with Gasteiger partial charge < -0.3 is 5.73 Å². The molecule has 1 aromatic rings. The molecule has 0 radical (unpaired) electrons. The molecular formula is C16H23N3. The molecule has 0 aliphatic heterocycles. The zero-order valence-corrected chi connectivity index (χ0v) is 11.7. The quantitative estimate of drug-likeness (QED) is 0.886. The Morgan fingerprint density at radius 2 is 1.74 bits per heavy atom. The monoisotopic (exact) mass is 257 g/mol. The molecule has 1 unspecified atom stereocenters. The fraction of sp³-hybridized carbons (Fsp3) is 0.750. The Bertz CT molecular complexity index is 461. The molecule has 0 saturated heterocycles. The van der Waals surface area contributed by atoms with E-state index in [4.69, 9.17) is 5.73 Å². The van der Waals surface area contributed by atoms with Gasteiger partial charge in [-0.2, -0.15) is 0 Å². The minimum atomic E-state index is 0.0424. The van der Waals surface area contributed by atoms with Gasteiger partial charge >= 0.3 is 0 Å². The number of hydrogen-bond donors (Lipinski definition) is 1. The summed E-state index contributed by atoms with van der Waals surface area (Å²) >= 11 is 0. The van der Waals surface area contributed by atoms with Gasteiger partial charge in [-0.1, -0.05) is 0 Å². The van der Waals surface area contributed by atoms with E-state index < -0.39 is 0 Å². The molecule has 5 rings (SSSR count). The normalized spacial score (nSPS) is 41.5. The molecule has 102 valence electrons. The molecule has 4 aliphatic carbocycles. The lowest BCUT2D eigenvalue weighted by molar-refractivity contribution is -0.0691. The third-order valence-corrected chi connectivity index (χ3v) is 5.84. The van der Waals surface area contributed by atoms with Crippen molar-refractivity contribution in [1.29, 1.82) is 0 Å². The van der Waals surface area contributed by atoms with E-state index in [0.29, 0.717) is 5.41 Å². The Balaban J connectivity index is 1.68. The van der Waals surface area contributed by atoms with Crippen LogP contribution in [-0.4, -0.2) is 9.97 Å².